The Balaban J connectivity index is 2.00. The third-order valence-electron chi connectivity index (χ3n) is 4.25. The lowest BCUT2D eigenvalue weighted by Crippen LogP contribution is -2.50. The van der Waals surface area contributed by atoms with Crippen LogP contribution in [0.1, 0.15) is 42.6 Å². The lowest BCUT2D eigenvalue weighted by Gasteiger charge is -2.37. The molecule has 1 heterocycles. The summed E-state index contributed by atoms with van der Waals surface area (Å²) in [7, 11) is 0. The van der Waals surface area contributed by atoms with Gasteiger partial charge in [0.25, 0.3) is 5.91 Å². The van der Waals surface area contributed by atoms with Crippen molar-refractivity contribution in [2.45, 2.75) is 39.7 Å². The summed E-state index contributed by atoms with van der Waals surface area (Å²) in [4.78, 5) is 14.4. The first-order chi connectivity index (χ1) is 10.0. The van der Waals surface area contributed by atoms with Crippen LogP contribution in [0.4, 0.5) is 4.39 Å². The summed E-state index contributed by atoms with van der Waals surface area (Å²) >= 11 is 0. The summed E-state index contributed by atoms with van der Waals surface area (Å²) in [6.45, 7) is 8.59. The smallest absolute Gasteiger partial charge is 0.253 e. The molecule has 0 radical (unpaired) electrons. The van der Waals surface area contributed by atoms with Crippen LogP contribution in [0.15, 0.2) is 18.2 Å². The molecule has 3 nitrogen and oxygen atoms in total. The Labute approximate surface area is 126 Å². The van der Waals surface area contributed by atoms with Gasteiger partial charge in [-0.1, -0.05) is 13.8 Å². The molecule has 2 rings (SSSR count). The summed E-state index contributed by atoms with van der Waals surface area (Å²) in [5.41, 5.74) is 1.11. The molecule has 2 unspecified atom stereocenters. The van der Waals surface area contributed by atoms with E-state index >= 15 is 0 Å². The van der Waals surface area contributed by atoms with Crippen LogP contribution in [0.2, 0.25) is 0 Å². The number of nitrogens with zero attached hydrogens (tertiary/aromatic N) is 1. The summed E-state index contributed by atoms with van der Waals surface area (Å²) in [6, 6.07) is 5.09. The number of carbonyl (C=O) groups is 1. The quantitative estimate of drug-likeness (QED) is 0.925. The number of nitrogens with one attached hydrogen (secondary N) is 1. The van der Waals surface area contributed by atoms with Crippen molar-refractivity contribution in [3.63, 3.8) is 0 Å². The van der Waals surface area contributed by atoms with Gasteiger partial charge in [-0.05, 0) is 56.0 Å². The second-order valence-corrected chi connectivity index (χ2v) is 6.04. The highest BCUT2D eigenvalue weighted by Gasteiger charge is 2.28. The number of amides is 1. The third-order valence-corrected chi connectivity index (χ3v) is 4.25. The molecular formula is C17H25FN2O. The Bertz CT molecular complexity index is 504. The Morgan fingerprint density at radius 3 is 2.86 bits per heavy atom. The Hall–Kier alpha value is -1.42. The number of rotatable bonds is 4. The maximum Gasteiger partial charge on any atom is 0.253 e. The maximum atomic E-state index is 13.3. The average Bonchev–Trinajstić information content (AvgIpc) is 2.48. The molecule has 1 aromatic carbocycles. The van der Waals surface area contributed by atoms with E-state index in [4.69, 9.17) is 0 Å². The van der Waals surface area contributed by atoms with Crippen LogP contribution in [0.3, 0.4) is 0 Å². The molecule has 1 aliphatic heterocycles. The molecule has 1 aromatic rings. The van der Waals surface area contributed by atoms with Gasteiger partial charge in [-0.3, -0.25) is 4.79 Å². The summed E-state index contributed by atoms with van der Waals surface area (Å²) in [5.74, 6) is 0.192. The molecule has 0 spiro atoms. The van der Waals surface area contributed by atoms with E-state index in [1.165, 1.54) is 6.07 Å². The van der Waals surface area contributed by atoms with Crippen molar-refractivity contribution >= 4 is 5.91 Å². The number of halogens is 1. The van der Waals surface area contributed by atoms with E-state index in [1.54, 1.807) is 19.1 Å². The van der Waals surface area contributed by atoms with E-state index in [9.17, 15) is 9.18 Å². The SMILES string of the molecule is CCCNC1CCN(C(=O)c2ccc(F)c(C)c2)CC1C. The van der Waals surface area contributed by atoms with Crippen molar-refractivity contribution in [1.29, 1.82) is 0 Å². The number of benzene rings is 1. The molecule has 1 N–H and O–H groups in total. The first-order valence-corrected chi connectivity index (χ1v) is 7.81. The zero-order chi connectivity index (χ0) is 15.4. The van der Waals surface area contributed by atoms with Crippen molar-refractivity contribution in [1.82, 2.24) is 10.2 Å². The summed E-state index contributed by atoms with van der Waals surface area (Å²) < 4.78 is 13.3. The molecule has 21 heavy (non-hydrogen) atoms. The normalized spacial score (nSPS) is 22.4. The van der Waals surface area contributed by atoms with E-state index in [0.29, 0.717) is 23.1 Å². The topological polar surface area (TPSA) is 32.3 Å². The van der Waals surface area contributed by atoms with Gasteiger partial charge < -0.3 is 10.2 Å². The number of piperidine rings is 1. The number of hydrogen-bond donors (Lipinski definition) is 1. The molecule has 0 aliphatic carbocycles. The lowest BCUT2D eigenvalue weighted by atomic mass is 9.93. The van der Waals surface area contributed by atoms with Gasteiger partial charge >= 0.3 is 0 Å². The fourth-order valence-electron chi connectivity index (χ4n) is 2.92. The molecule has 0 aromatic heterocycles. The fourth-order valence-corrected chi connectivity index (χ4v) is 2.92. The minimum atomic E-state index is -0.262. The van der Waals surface area contributed by atoms with Crippen LogP contribution >= 0.6 is 0 Å². The standard InChI is InChI=1S/C17H25FN2O/c1-4-8-19-16-7-9-20(11-13(16)3)17(21)14-5-6-15(18)12(2)10-14/h5-6,10,13,16,19H,4,7-9,11H2,1-3H3. The van der Waals surface area contributed by atoms with Gasteiger partial charge in [0.15, 0.2) is 0 Å². The van der Waals surface area contributed by atoms with Crippen molar-refractivity contribution in [2.24, 2.45) is 5.92 Å². The van der Waals surface area contributed by atoms with Crippen LogP contribution in [-0.4, -0.2) is 36.5 Å². The minimum Gasteiger partial charge on any atom is -0.338 e. The van der Waals surface area contributed by atoms with Crippen molar-refractivity contribution < 1.29 is 9.18 Å². The molecule has 116 valence electrons. The zero-order valence-electron chi connectivity index (χ0n) is 13.2. The molecule has 2 atom stereocenters. The number of likely N-dealkylation sites (tertiary alicyclic amines) is 1. The molecule has 1 amide bonds. The van der Waals surface area contributed by atoms with Crippen molar-refractivity contribution in [3.8, 4) is 0 Å². The van der Waals surface area contributed by atoms with Crippen LogP contribution < -0.4 is 5.32 Å². The maximum absolute atomic E-state index is 13.3. The number of carbonyl (C=O) groups excluding carboxylic acids is 1. The van der Waals surface area contributed by atoms with Gasteiger partial charge in [-0.2, -0.15) is 0 Å². The van der Waals surface area contributed by atoms with E-state index < -0.39 is 0 Å². The molecule has 4 heteroatoms. The lowest BCUT2D eigenvalue weighted by molar-refractivity contribution is 0.0645. The molecular weight excluding hydrogens is 267 g/mol. The Morgan fingerprint density at radius 1 is 1.48 bits per heavy atom. The Kier molecular flexibility index (Phi) is 5.34. The van der Waals surface area contributed by atoms with Gasteiger partial charge in [-0.15, -0.1) is 0 Å². The molecule has 1 saturated heterocycles. The van der Waals surface area contributed by atoms with Gasteiger partial charge in [0.2, 0.25) is 0 Å². The largest absolute Gasteiger partial charge is 0.338 e. The van der Waals surface area contributed by atoms with E-state index in [-0.39, 0.29) is 11.7 Å². The van der Waals surface area contributed by atoms with E-state index in [0.717, 1.165) is 32.5 Å². The van der Waals surface area contributed by atoms with Gasteiger partial charge in [-0.25, -0.2) is 4.39 Å². The van der Waals surface area contributed by atoms with E-state index in [1.807, 2.05) is 4.90 Å². The number of aryl methyl sites for hydroxylation is 1. The number of hydrogen-bond acceptors (Lipinski definition) is 2. The predicted molar refractivity (Wildman–Crippen MR) is 82.9 cm³/mol. The predicted octanol–water partition coefficient (Wildman–Crippen LogP) is 2.98. The van der Waals surface area contributed by atoms with Gasteiger partial charge in [0.1, 0.15) is 5.82 Å². The van der Waals surface area contributed by atoms with Gasteiger partial charge in [0, 0.05) is 24.7 Å². The first kappa shape index (κ1) is 16.0. The molecule has 1 fully saturated rings. The van der Waals surface area contributed by atoms with Crippen molar-refractivity contribution in [3.05, 3.63) is 35.1 Å². The molecule has 1 aliphatic rings. The highest BCUT2D eigenvalue weighted by molar-refractivity contribution is 5.94. The van der Waals surface area contributed by atoms with Crippen LogP contribution in [0, 0.1) is 18.7 Å². The zero-order valence-corrected chi connectivity index (χ0v) is 13.2. The van der Waals surface area contributed by atoms with Crippen LogP contribution in [-0.2, 0) is 0 Å². The summed E-state index contributed by atoms with van der Waals surface area (Å²) in [5, 5.41) is 3.55. The third kappa shape index (κ3) is 3.82. The Morgan fingerprint density at radius 2 is 2.24 bits per heavy atom. The second kappa shape index (κ2) is 7.03. The fraction of sp³-hybridized carbons (Fsp3) is 0.588. The van der Waals surface area contributed by atoms with Crippen molar-refractivity contribution in [2.75, 3.05) is 19.6 Å². The van der Waals surface area contributed by atoms with E-state index in [2.05, 4.69) is 19.2 Å². The first-order valence-electron chi connectivity index (χ1n) is 7.81. The summed E-state index contributed by atoms with van der Waals surface area (Å²) in [6.07, 6.45) is 2.10. The van der Waals surface area contributed by atoms with Crippen LogP contribution in [0.5, 0.6) is 0 Å². The van der Waals surface area contributed by atoms with Crippen LogP contribution in [0.25, 0.3) is 0 Å². The minimum absolute atomic E-state index is 0.0129. The molecule has 0 saturated carbocycles. The second-order valence-electron chi connectivity index (χ2n) is 6.04. The molecule has 0 bridgehead atoms. The monoisotopic (exact) mass is 292 g/mol. The highest BCUT2D eigenvalue weighted by atomic mass is 19.1. The average molecular weight is 292 g/mol. The van der Waals surface area contributed by atoms with Gasteiger partial charge in [0.05, 0.1) is 0 Å². The highest BCUT2D eigenvalue weighted by Crippen LogP contribution is 2.20.